The van der Waals surface area contributed by atoms with Gasteiger partial charge in [-0.15, -0.1) is 0 Å². The Morgan fingerprint density at radius 3 is 2.37 bits per heavy atom. The molecule has 1 N–H and O–H groups in total. The Balaban J connectivity index is 2.59. The molecule has 0 aromatic rings. The molecule has 0 unspecified atom stereocenters. The molecule has 1 heterocycles. The summed E-state index contributed by atoms with van der Waals surface area (Å²) in [5, 5.41) is 8.84. The van der Waals surface area contributed by atoms with Crippen LogP contribution in [0.15, 0.2) is 0 Å². The average molecular weight is 272 g/mol. The number of hydrogen-bond acceptors (Lipinski definition) is 3. The smallest absolute Gasteiger partial charge is 0.320 e. The first-order valence-corrected chi connectivity index (χ1v) is 6.82. The van der Waals surface area contributed by atoms with Crippen LogP contribution < -0.4 is 0 Å². The van der Waals surface area contributed by atoms with Crippen molar-refractivity contribution >= 4 is 12.0 Å². The summed E-state index contributed by atoms with van der Waals surface area (Å²) < 4.78 is 5.05. The zero-order chi connectivity index (χ0) is 14.4. The van der Waals surface area contributed by atoms with Crippen molar-refractivity contribution in [2.75, 3.05) is 33.4 Å². The Morgan fingerprint density at radius 1 is 1.37 bits per heavy atom. The van der Waals surface area contributed by atoms with Gasteiger partial charge in [-0.1, -0.05) is 13.8 Å². The summed E-state index contributed by atoms with van der Waals surface area (Å²) in [4.78, 5) is 26.5. The van der Waals surface area contributed by atoms with Gasteiger partial charge in [-0.3, -0.25) is 4.79 Å². The lowest BCUT2D eigenvalue weighted by Gasteiger charge is -2.42. The predicted octanol–water partition coefficient (Wildman–Crippen LogP) is 1.26. The number of carboxylic acids is 1. The third-order valence-electron chi connectivity index (χ3n) is 3.67. The minimum atomic E-state index is -0.824. The molecule has 0 aliphatic carbocycles. The Kier molecular flexibility index (Phi) is 6.08. The molecule has 110 valence electrons. The third-order valence-corrected chi connectivity index (χ3v) is 3.67. The number of amides is 2. The van der Waals surface area contributed by atoms with E-state index >= 15 is 0 Å². The molecule has 0 atom stereocenters. The second-order valence-electron chi connectivity index (χ2n) is 4.88. The van der Waals surface area contributed by atoms with E-state index < -0.39 is 11.9 Å². The first kappa shape index (κ1) is 15.8. The second kappa shape index (κ2) is 7.33. The lowest BCUT2D eigenvalue weighted by Crippen LogP contribution is -2.59. The second-order valence-corrected chi connectivity index (χ2v) is 4.88. The zero-order valence-corrected chi connectivity index (χ0v) is 12.0. The fraction of sp³-hybridized carbons (Fsp3) is 0.846. The fourth-order valence-electron chi connectivity index (χ4n) is 2.33. The van der Waals surface area contributed by atoms with Gasteiger partial charge in [-0.25, -0.2) is 4.79 Å². The predicted molar refractivity (Wildman–Crippen MR) is 71.0 cm³/mol. The number of methoxy groups -OCH3 is 1. The molecule has 1 rings (SSSR count). The van der Waals surface area contributed by atoms with Crippen LogP contribution in [0.3, 0.4) is 0 Å². The zero-order valence-electron chi connectivity index (χ0n) is 12.0. The largest absolute Gasteiger partial charge is 0.481 e. The van der Waals surface area contributed by atoms with Crippen molar-refractivity contribution in [1.29, 1.82) is 0 Å². The minimum absolute atomic E-state index is 0.0664. The van der Waals surface area contributed by atoms with Gasteiger partial charge in [0, 0.05) is 32.8 Å². The van der Waals surface area contributed by atoms with Gasteiger partial charge in [0.2, 0.25) is 0 Å². The molecule has 0 spiro atoms. The molecule has 0 bridgehead atoms. The Morgan fingerprint density at radius 2 is 1.95 bits per heavy atom. The topological polar surface area (TPSA) is 70.1 Å². The van der Waals surface area contributed by atoms with Crippen LogP contribution in [0.5, 0.6) is 0 Å². The van der Waals surface area contributed by atoms with E-state index in [4.69, 9.17) is 9.84 Å². The van der Waals surface area contributed by atoms with Crippen molar-refractivity contribution in [3.63, 3.8) is 0 Å². The highest BCUT2D eigenvalue weighted by atomic mass is 16.5. The minimum Gasteiger partial charge on any atom is -0.481 e. The number of carbonyl (C=O) groups is 2. The molecule has 1 aliphatic rings. The lowest BCUT2D eigenvalue weighted by atomic mass is 10.0. The van der Waals surface area contributed by atoms with E-state index in [1.165, 1.54) is 0 Å². The quantitative estimate of drug-likeness (QED) is 0.757. The Hall–Kier alpha value is -1.30. The molecule has 6 nitrogen and oxygen atoms in total. The van der Waals surface area contributed by atoms with E-state index in [0.29, 0.717) is 26.2 Å². The molecular weight excluding hydrogens is 248 g/mol. The molecule has 0 radical (unpaired) electrons. The molecule has 1 saturated heterocycles. The first-order chi connectivity index (χ1) is 9.04. The van der Waals surface area contributed by atoms with E-state index in [1.54, 1.807) is 12.0 Å². The van der Waals surface area contributed by atoms with E-state index in [-0.39, 0.29) is 12.1 Å². The highest BCUT2D eigenvalue weighted by Crippen LogP contribution is 2.20. The van der Waals surface area contributed by atoms with Crippen molar-refractivity contribution in [2.24, 2.45) is 5.92 Å². The van der Waals surface area contributed by atoms with Crippen LogP contribution in [-0.2, 0) is 9.53 Å². The van der Waals surface area contributed by atoms with Gasteiger partial charge >= 0.3 is 12.0 Å². The number of urea groups is 1. The number of carboxylic acid groups (broad SMARTS) is 1. The van der Waals surface area contributed by atoms with E-state index in [0.717, 1.165) is 12.8 Å². The van der Waals surface area contributed by atoms with Crippen LogP contribution in [-0.4, -0.2) is 66.3 Å². The average Bonchev–Trinajstić information content (AvgIpc) is 2.31. The van der Waals surface area contributed by atoms with Crippen LogP contribution in [0.25, 0.3) is 0 Å². The van der Waals surface area contributed by atoms with Gasteiger partial charge < -0.3 is 19.6 Å². The molecular formula is C13H24N2O4. The Bertz CT molecular complexity index is 312. The molecule has 2 amide bonds. The number of likely N-dealkylation sites (tertiary alicyclic amines) is 1. The lowest BCUT2D eigenvalue weighted by molar-refractivity contribution is -0.146. The van der Waals surface area contributed by atoms with Gasteiger partial charge in [0.05, 0.1) is 12.5 Å². The molecule has 1 fully saturated rings. The van der Waals surface area contributed by atoms with Crippen molar-refractivity contribution in [2.45, 2.75) is 32.7 Å². The van der Waals surface area contributed by atoms with Gasteiger partial charge in [0.15, 0.2) is 0 Å². The van der Waals surface area contributed by atoms with Gasteiger partial charge in [-0.05, 0) is 12.8 Å². The summed E-state index contributed by atoms with van der Waals surface area (Å²) in [6.45, 7) is 5.79. The molecule has 0 aromatic heterocycles. The van der Waals surface area contributed by atoms with Crippen LogP contribution in [0.2, 0.25) is 0 Å². The molecule has 0 saturated carbocycles. The molecule has 1 aliphatic heterocycles. The van der Waals surface area contributed by atoms with Crippen molar-refractivity contribution < 1.29 is 19.4 Å². The van der Waals surface area contributed by atoms with Crippen LogP contribution in [0, 0.1) is 5.92 Å². The SMILES string of the molecule is CCC(CC)N(CCOC)C(=O)N1CC(C(=O)O)C1. The highest BCUT2D eigenvalue weighted by molar-refractivity contribution is 5.80. The summed E-state index contributed by atoms with van der Waals surface area (Å²) >= 11 is 0. The van der Waals surface area contributed by atoms with Crippen LogP contribution >= 0.6 is 0 Å². The maximum atomic E-state index is 12.4. The summed E-state index contributed by atoms with van der Waals surface area (Å²) in [5.41, 5.74) is 0. The van der Waals surface area contributed by atoms with E-state index in [2.05, 4.69) is 13.8 Å². The van der Waals surface area contributed by atoms with Crippen molar-refractivity contribution in [1.82, 2.24) is 9.80 Å². The molecule has 6 heteroatoms. The third kappa shape index (κ3) is 3.83. The first-order valence-electron chi connectivity index (χ1n) is 6.82. The van der Waals surface area contributed by atoms with E-state index in [9.17, 15) is 9.59 Å². The van der Waals surface area contributed by atoms with E-state index in [1.807, 2.05) is 4.90 Å². The van der Waals surface area contributed by atoms with Crippen LogP contribution in [0.4, 0.5) is 4.79 Å². The van der Waals surface area contributed by atoms with Gasteiger partial charge in [0.1, 0.15) is 0 Å². The number of aliphatic carboxylic acids is 1. The summed E-state index contributed by atoms with van der Waals surface area (Å²) in [7, 11) is 1.61. The normalized spacial score (nSPS) is 15.5. The standard InChI is InChI=1S/C13H24N2O4/c1-4-11(5-2)15(6-7-19-3)13(18)14-8-10(9-14)12(16)17/h10-11H,4-9H2,1-3H3,(H,16,17). The summed E-state index contributed by atoms with van der Waals surface area (Å²) in [6.07, 6.45) is 1.78. The summed E-state index contributed by atoms with van der Waals surface area (Å²) in [6, 6.07) is 0.120. The number of nitrogens with zero attached hydrogens (tertiary/aromatic N) is 2. The summed E-state index contributed by atoms with van der Waals surface area (Å²) in [5.74, 6) is -1.23. The number of ether oxygens (including phenoxy) is 1. The van der Waals surface area contributed by atoms with Crippen molar-refractivity contribution in [3.05, 3.63) is 0 Å². The monoisotopic (exact) mass is 272 g/mol. The van der Waals surface area contributed by atoms with Crippen molar-refractivity contribution in [3.8, 4) is 0 Å². The molecule has 19 heavy (non-hydrogen) atoms. The van der Waals surface area contributed by atoms with Gasteiger partial charge in [-0.2, -0.15) is 0 Å². The van der Waals surface area contributed by atoms with Gasteiger partial charge in [0.25, 0.3) is 0 Å². The molecule has 0 aromatic carbocycles. The number of hydrogen-bond donors (Lipinski definition) is 1. The number of carbonyl (C=O) groups excluding carboxylic acids is 1. The fourth-order valence-corrected chi connectivity index (χ4v) is 2.33. The highest BCUT2D eigenvalue weighted by Gasteiger charge is 2.38. The Labute approximate surface area is 114 Å². The van der Waals surface area contributed by atoms with Crippen LogP contribution in [0.1, 0.15) is 26.7 Å². The maximum Gasteiger partial charge on any atom is 0.320 e. The number of rotatable bonds is 7. The maximum absolute atomic E-state index is 12.4.